The summed E-state index contributed by atoms with van der Waals surface area (Å²) in [5, 5.41) is 12.1. The fourth-order valence-electron chi connectivity index (χ4n) is 0.672. The van der Waals surface area contributed by atoms with E-state index in [0.717, 1.165) is 4.34 Å². The zero-order valence-corrected chi connectivity index (χ0v) is 8.90. The fraction of sp³-hybridized carbons (Fsp3) is 0.200. The maximum absolute atomic E-state index is 5.71. The number of halogens is 1. The first-order chi connectivity index (χ1) is 6.24. The van der Waals surface area contributed by atoms with E-state index in [2.05, 4.69) is 20.4 Å². The van der Waals surface area contributed by atoms with Gasteiger partial charge in [0.15, 0.2) is 4.34 Å². The highest BCUT2D eigenvalue weighted by atomic mass is 35.5. The van der Waals surface area contributed by atoms with Gasteiger partial charge in [-0.05, 0) is 17.0 Å². The van der Waals surface area contributed by atoms with Gasteiger partial charge in [-0.2, -0.15) is 4.80 Å². The summed E-state index contributed by atoms with van der Waals surface area (Å²) in [5.41, 5.74) is 0. The molecule has 0 amide bonds. The van der Waals surface area contributed by atoms with E-state index in [0.29, 0.717) is 9.49 Å². The molecule has 2 heterocycles. The van der Waals surface area contributed by atoms with Gasteiger partial charge in [0, 0.05) is 0 Å². The summed E-state index contributed by atoms with van der Waals surface area (Å²) >= 11 is 8.45. The highest BCUT2D eigenvalue weighted by Crippen LogP contribution is 2.30. The number of rotatable bonds is 2. The summed E-state index contributed by atoms with van der Waals surface area (Å²) in [7, 11) is 1.71. The molecule has 0 aromatic carbocycles. The topological polar surface area (TPSA) is 56.5 Å². The smallest absolute Gasteiger partial charge is 0.236 e. The van der Waals surface area contributed by atoms with Crippen molar-refractivity contribution in [3.05, 3.63) is 10.5 Å². The maximum atomic E-state index is 5.71. The van der Waals surface area contributed by atoms with Crippen LogP contribution in [-0.4, -0.2) is 25.2 Å². The van der Waals surface area contributed by atoms with Crippen molar-refractivity contribution in [3.8, 4) is 0 Å². The Balaban J connectivity index is 2.14. The molecule has 13 heavy (non-hydrogen) atoms. The van der Waals surface area contributed by atoms with Crippen molar-refractivity contribution in [2.75, 3.05) is 0 Å². The second-order valence-corrected chi connectivity index (χ2v) is 4.97. The van der Waals surface area contributed by atoms with Crippen molar-refractivity contribution in [3.63, 3.8) is 0 Å². The lowest BCUT2D eigenvalue weighted by molar-refractivity contribution is 0.626. The van der Waals surface area contributed by atoms with Crippen LogP contribution < -0.4 is 0 Å². The average molecular weight is 234 g/mol. The van der Waals surface area contributed by atoms with Gasteiger partial charge in [-0.1, -0.05) is 22.9 Å². The molecule has 2 aromatic heterocycles. The molecule has 0 spiro atoms. The largest absolute Gasteiger partial charge is 0.238 e. The molecule has 5 nitrogen and oxygen atoms in total. The van der Waals surface area contributed by atoms with Crippen molar-refractivity contribution < 1.29 is 0 Å². The maximum Gasteiger partial charge on any atom is 0.238 e. The van der Waals surface area contributed by atoms with Gasteiger partial charge in [-0.3, -0.25) is 0 Å². The molecular formula is C5H4ClN5S2. The number of hydrogen-bond donors (Lipinski definition) is 0. The van der Waals surface area contributed by atoms with Crippen LogP contribution in [0.2, 0.25) is 4.34 Å². The minimum absolute atomic E-state index is 0.577. The Morgan fingerprint density at radius 3 is 3.00 bits per heavy atom. The Morgan fingerprint density at radius 2 is 2.46 bits per heavy atom. The summed E-state index contributed by atoms with van der Waals surface area (Å²) in [6.07, 6.45) is 1.60. The second-order valence-electron chi connectivity index (χ2n) is 2.09. The quantitative estimate of drug-likeness (QED) is 0.786. The molecule has 0 aliphatic heterocycles. The van der Waals surface area contributed by atoms with E-state index in [1.165, 1.54) is 27.9 Å². The van der Waals surface area contributed by atoms with E-state index in [1.54, 1.807) is 13.2 Å². The van der Waals surface area contributed by atoms with E-state index in [9.17, 15) is 0 Å². The number of hydrogen-bond acceptors (Lipinski definition) is 6. The highest BCUT2D eigenvalue weighted by Gasteiger charge is 2.06. The van der Waals surface area contributed by atoms with Gasteiger partial charge in [0.2, 0.25) is 5.16 Å². The van der Waals surface area contributed by atoms with Crippen molar-refractivity contribution in [2.45, 2.75) is 9.50 Å². The molecular weight excluding hydrogens is 230 g/mol. The standard InChI is InChI=1S/C5H4ClN5S2/c1-11-9-4(8-10-11)13-5-7-2-3(6)12-5/h2H,1H3. The molecule has 8 heteroatoms. The molecule has 0 radical (unpaired) electrons. The third kappa shape index (κ3) is 2.17. The first kappa shape index (κ1) is 8.92. The minimum Gasteiger partial charge on any atom is -0.236 e. The summed E-state index contributed by atoms with van der Waals surface area (Å²) < 4.78 is 1.48. The SMILES string of the molecule is Cn1nnc(Sc2ncc(Cl)s2)n1. The van der Waals surface area contributed by atoms with Crippen molar-refractivity contribution >= 4 is 34.7 Å². The Kier molecular flexibility index (Phi) is 2.47. The molecule has 0 fully saturated rings. The Hall–Kier alpha value is -0.660. The lowest BCUT2D eigenvalue weighted by Crippen LogP contribution is -1.91. The summed E-state index contributed by atoms with van der Waals surface area (Å²) in [6.45, 7) is 0. The summed E-state index contributed by atoms with van der Waals surface area (Å²) in [5.74, 6) is 0. The van der Waals surface area contributed by atoms with Gasteiger partial charge in [0.25, 0.3) is 0 Å². The van der Waals surface area contributed by atoms with Crippen LogP contribution in [0.5, 0.6) is 0 Å². The van der Waals surface area contributed by atoms with Gasteiger partial charge in [0.05, 0.1) is 13.2 Å². The first-order valence-electron chi connectivity index (χ1n) is 3.27. The lowest BCUT2D eigenvalue weighted by atomic mass is 11.0. The van der Waals surface area contributed by atoms with Crippen LogP contribution in [0.15, 0.2) is 15.7 Å². The van der Waals surface area contributed by atoms with Crippen molar-refractivity contribution in [1.82, 2.24) is 25.2 Å². The monoisotopic (exact) mass is 233 g/mol. The van der Waals surface area contributed by atoms with E-state index < -0.39 is 0 Å². The zero-order chi connectivity index (χ0) is 9.26. The Bertz CT molecular complexity index is 372. The second kappa shape index (κ2) is 3.60. The molecule has 0 saturated carbocycles. The summed E-state index contributed by atoms with van der Waals surface area (Å²) in [4.78, 5) is 5.45. The number of aromatic nitrogens is 5. The lowest BCUT2D eigenvalue weighted by Gasteiger charge is -1.85. The average Bonchev–Trinajstić information content (AvgIpc) is 2.62. The minimum atomic E-state index is 0.577. The van der Waals surface area contributed by atoms with Gasteiger partial charge in [-0.15, -0.1) is 10.2 Å². The number of tetrazole rings is 1. The van der Waals surface area contributed by atoms with Crippen LogP contribution in [-0.2, 0) is 7.05 Å². The predicted molar refractivity (Wildman–Crippen MR) is 50.0 cm³/mol. The number of aryl methyl sites for hydroxylation is 1. The molecule has 0 unspecified atom stereocenters. The van der Waals surface area contributed by atoms with Crippen LogP contribution in [0.4, 0.5) is 0 Å². The molecule has 2 aromatic rings. The molecule has 0 bridgehead atoms. The van der Waals surface area contributed by atoms with Gasteiger partial charge >= 0.3 is 0 Å². The van der Waals surface area contributed by atoms with E-state index in [4.69, 9.17) is 11.6 Å². The van der Waals surface area contributed by atoms with Crippen LogP contribution in [0, 0.1) is 0 Å². The third-order valence-corrected chi connectivity index (χ3v) is 3.16. The van der Waals surface area contributed by atoms with Crippen LogP contribution in [0.25, 0.3) is 0 Å². The predicted octanol–water partition coefficient (Wildman–Crippen LogP) is 1.47. The molecule has 0 N–H and O–H groups in total. The normalized spacial score (nSPS) is 10.6. The number of thiazole rings is 1. The zero-order valence-electron chi connectivity index (χ0n) is 6.51. The van der Waals surface area contributed by atoms with Gasteiger partial charge < -0.3 is 0 Å². The Labute approximate surface area is 87.1 Å². The fourth-order valence-corrected chi connectivity index (χ4v) is 2.61. The molecule has 0 atom stereocenters. The molecule has 0 saturated heterocycles. The van der Waals surface area contributed by atoms with E-state index in [-0.39, 0.29) is 0 Å². The summed E-state index contributed by atoms with van der Waals surface area (Å²) in [6, 6.07) is 0. The highest BCUT2D eigenvalue weighted by molar-refractivity contribution is 8.00. The van der Waals surface area contributed by atoms with Crippen LogP contribution in [0.3, 0.4) is 0 Å². The van der Waals surface area contributed by atoms with Crippen molar-refractivity contribution in [2.24, 2.45) is 7.05 Å². The molecule has 68 valence electrons. The van der Waals surface area contributed by atoms with Crippen molar-refractivity contribution in [1.29, 1.82) is 0 Å². The van der Waals surface area contributed by atoms with E-state index in [1.807, 2.05) is 0 Å². The third-order valence-electron chi connectivity index (χ3n) is 1.12. The molecule has 2 rings (SSSR count). The van der Waals surface area contributed by atoms with Crippen LogP contribution >= 0.6 is 34.7 Å². The number of nitrogens with zero attached hydrogens (tertiary/aromatic N) is 5. The van der Waals surface area contributed by atoms with Crippen LogP contribution in [0.1, 0.15) is 0 Å². The van der Waals surface area contributed by atoms with Gasteiger partial charge in [0.1, 0.15) is 4.34 Å². The van der Waals surface area contributed by atoms with Gasteiger partial charge in [-0.25, -0.2) is 4.98 Å². The first-order valence-corrected chi connectivity index (χ1v) is 5.28. The van der Waals surface area contributed by atoms with E-state index >= 15 is 0 Å². The molecule has 0 aliphatic carbocycles. The Morgan fingerprint density at radius 1 is 1.62 bits per heavy atom. The molecule has 0 aliphatic rings.